The van der Waals surface area contributed by atoms with Gasteiger partial charge in [-0.2, -0.15) is 0 Å². The maximum absolute atomic E-state index is 11.5. The van der Waals surface area contributed by atoms with Gasteiger partial charge in [0.2, 0.25) is 0 Å². The topological polar surface area (TPSA) is 104 Å². The van der Waals surface area contributed by atoms with Crippen LogP contribution in [-0.4, -0.2) is 28.6 Å². The van der Waals surface area contributed by atoms with Crippen LogP contribution in [0, 0.1) is 0 Å². The summed E-state index contributed by atoms with van der Waals surface area (Å²) in [5, 5.41) is 19.8. The zero-order valence-electron chi connectivity index (χ0n) is 10.4. The molecule has 0 bridgehead atoms. The number of amides is 2. The number of carbonyl (C=O) groups excluding carboxylic acids is 2. The molecule has 3 N–H and O–H groups in total. The Kier molecular flexibility index (Phi) is 4.85. The van der Waals surface area contributed by atoms with E-state index in [4.69, 9.17) is 0 Å². The molecule has 0 saturated heterocycles. The highest BCUT2D eigenvalue weighted by Crippen LogP contribution is 2.20. The van der Waals surface area contributed by atoms with Gasteiger partial charge >= 0.3 is 11.8 Å². The van der Waals surface area contributed by atoms with Crippen LogP contribution in [0.15, 0.2) is 34.4 Å². The van der Waals surface area contributed by atoms with E-state index in [1.165, 1.54) is 23.7 Å². The zero-order chi connectivity index (χ0) is 14.4. The highest BCUT2D eigenvalue weighted by atomic mass is 32.1. The molecule has 1 atom stereocenters. The first-order valence-electron chi connectivity index (χ1n) is 5.88. The molecule has 106 valence electrons. The Hall–Kier alpha value is -2.19. The predicted octanol–water partition coefficient (Wildman–Crippen LogP) is 0.915. The monoisotopic (exact) mass is 295 g/mol. The van der Waals surface area contributed by atoms with E-state index in [0.717, 1.165) is 4.88 Å². The zero-order valence-corrected chi connectivity index (χ0v) is 11.2. The van der Waals surface area contributed by atoms with Gasteiger partial charge in [0.05, 0.1) is 6.10 Å². The van der Waals surface area contributed by atoms with Gasteiger partial charge in [-0.1, -0.05) is 11.2 Å². The van der Waals surface area contributed by atoms with Gasteiger partial charge < -0.3 is 14.9 Å². The van der Waals surface area contributed by atoms with Gasteiger partial charge in [-0.3, -0.25) is 14.9 Å². The lowest BCUT2D eigenvalue weighted by Gasteiger charge is -2.09. The lowest BCUT2D eigenvalue weighted by atomic mass is 10.2. The van der Waals surface area contributed by atoms with Gasteiger partial charge in [0, 0.05) is 17.5 Å². The summed E-state index contributed by atoms with van der Waals surface area (Å²) in [5.41, 5.74) is 0. The Balaban J connectivity index is 1.71. The number of carbonyl (C=O) groups is 2. The Morgan fingerprint density at radius 2 is 2.25 bits per heavy atom. The van der Waals surface area contributed by atoms with Crippen molar-refractivity contribution in [3.05, 3.63) is 34.7 Å². The summed E-state index contributed by atoms with van der Waals surface area (Å²) in [6, 6.07) is 5.08. The number of hydrogen-bond acceptors (Lipinski definition) is 6. The summed E-state index contributed by atoms with van der Waals surface area (Å²) in [4.78, 5) is 23.8. The molecule has 2 heterocycles. The van der Waals surface area contributed by atoms with Crippen LogP contribution in [0.4, 0.5) is 5.82 Å². The summed E-state index contributed by atoms with van der Waals surface area (Å²) in [6.07, 6.45) is 0.975. The Morgan fingerprint density at radius 1 is 1.40 bits per heavy atom. The fourth-order valence-electron chi connectivity index (χ4n) is 1.48. The van der Waals surface area contributed by atoms with E-state index in [2.05, 4.69) is 20.3 Å². The molecule has 2 amide bonds. The SMILES string of the molecule is O=C(NCC[C@@H](O)c1cccs1)C(=O)Nc1ccon1. The summed E-state index contributed by atoms with van der Waals surface area (Å²) in [5.74, 6) is -1.44. The molecule has 20 heavy (non-hydrogen) atoms. The van der Waals surface area contributed by atoms with Crippen LogP contribution in [0.1, 0.15) is 17.4 Å². The maximum Gasteiger partial charge on any atom is 0.314 e. The van der Waals surface area contributed by atoms with Crippen LogP contribution in [-0.2, 0) is 9.59 Å². The second-order valence-electron chi connectivity index (χ2n) is 3.91. The molecule has 0 spiro atoms. The third-order valence-electron chi connectivity index (χ3n) is 2.46. The summed E-state index contributed by atoms with van der Waals surface area (Å²) in [7, 11) is 0. The molecular weight excluding hydrogens is 282 g/mol. The number of aliphatic hydroxyl groups excluding tert-OH is 1. The van der Waals surface area contributed by atoms with E-state index in [9.17, 15) is 14.7 Å². The van der Waals surface area contributed by atoms with Crippen molar-refractivity contribution in [3.63, 3.8) is 0 Å². The highest BCUT2D eigenvalue weighted by Gasteiger charge is 2.15. The minimum Gasteiger partial charge on any atom is -0.388 e. The molecule has 0 fully saturated rings. The van der Waals surface area contributed by atoms with Crippen molar-refractivity contribution in [1.29, 1.82) is 0 Å². The average Bonchev–Trinajstić information content (AvgIpc) is 3.11. The molecule has 2 aromatic rings. The van der Waals surface area contributed by atoms with Gasteiger partial charge in [0.25, 0.3) is 0 Å². The van der Waals surface area contributed by atoms with E-state index >= 15 is 0 Å². The minimum absolute atomic E-state index is 0.170. The molecule has 0 aliphatic heterocycles. The predicted molar refractivity (Wildman–Crippen MR) is 72.0 cm³/mol. The molecule has 7 nitrogen and oxygen atoms in total. The highest BCUT2D eigenvalue weighted by molar-refractivity contribution is 7.10. The molecule has 0 aromatic carbocycles. The lowest BCUT2D eigenvalue weighted by Crippen LogP contribution is -2.36. The van der Waals surface area contributed by atoms with Crippen LogP contribution in [0.3, 0.4) is 0 Å². The van der Waals surface area contributed by atoms with Crippen molar-refractivity contribution in [1.82, 2.24) is 10.5 Å². The van der Waals surface area contributed by atoms with Gasteiger partial charge in [-0.05, 0) is 17.9 Å². The summed E-state index contributed by atoms with van der Waals surface area (Å²) in [6.45, 7) is 0.199. The van der Waals surface area contributed by atoms with E-state index < -0.39 is 17.9 Å². The van der Waals surface area contributed by atoms with Gasteiger partial charge in [-0.15, -0.1) is 11.3 Å². The summed E-state index contributed by atoms with van der Waals surface area (Å²) < 4.78 is 4.52. The number of aromatic nitrogens is 1. The Labute approximate surface area is 118 Å². The van der Waals surface area contributed by atoms with Gasteiger partial charge in [0.1, 0.15) is 6.26 Å². The number of nitrogens with zero attached hydrogens (tertiary/aromatic N) is 1. The van der Waals surface area contributed by atoms with Crippen molar-refractivity contribution in [2.75, 3.05) is 11.9 Å². The number of anilines is 1. The van der Waals surface area contributed by atoms with Crippen LogP contribution < -0.4 is 10.6 Å². The molecule has 2 aromatic heterocycles. The number of aliphatic hydroxyl groups is 1. The first kappa shape index (κ1) is 14.2. The van der Waals surface area contributed by atoms with Crippen LogP contribution in [0.2, 0.25) is 0 Å². The number of thiophene rings is 1. The van der Waals surface area contributed by atoms with Crippen molar-refractivity contribution in [2.24, 2.45) is 0 Å². The quantitative estimate of drug-likeness (QED) is 0.711. The van der Waals surface area contributed by atoms with E-state index in [0.29, 0.717) is 6.42 Å². The molecule has 0 radical (unpaired) electrons. The van der Waals surface area contributed by atoms with Crippen molar-refractivity contribution >= 4 is 29.0 Å². The molecule has 0 aliphatic rings. The second kappa shape index (κ2) is 6.83. The Morgan fingerprint density at radius 3 is 2.90 bits per heavy atom. The maximum atomic E-state index is 11.5. The van der Waals surface area contributed by atoms with Crippen LogP contribution in [0.5, 0.6) is 0 Å². The average molecular weight is 295 g/mol. The smallest absolute Gasteiger partial charge is 0.314 e. The first-order chi connectivity index (χ1) is 9.66. The largest absolute Gasteiger partial charge is 0.388 e. The standard InChI is InChI=1S/C12H13N3O4S/c16-8(9-2-1-7-20-9)3-5-13-11(17)12(18)14-10-4-6-19-15-10/h1-2,4,6-8,16H,3,5H2,(H,13,17)(H,14,15,18)/t8-/m1/s1. The second-order valence-corrected chi connectivity index (χ2v) is 4.89. The number of rotatable bonds is 5. The fraction of sp³-hybridized carbons (Fsp3) is 0.250. The molecule has 0 aliphatic carbocycles. The Bertz CT molecular complexity index is 553. The molecule has 0 unspecified atom stereocenters. The van der Waals surface area contributed by atoms with Crippen molar-refractivity contribution in [3.8, 4) is 0 Å². The first-order valence-corrected chi connectivity index (χ1v) is 6.76. The number of nitrogens with one attached hydrogen (secondary N) is 2. The van der Waals surface area contributed by atoms with E-state index in [-0.39, 0.29) is 12.4 Å². The van der Waals surface area contributed by atoms with Crippen LogP contribution >= 0.6 is 11.3 Å². The summed E-state index contributed by atoms with van der Waals surface area (Å²) >= 11 is 1.44. The normalized spacial score (nSPS) is 11.8. The van der Waals surface area contributed by atoms with Crippen molar-refractivity contribution in [2.45, 2.75) is 12.5 Å². The molecule has 0 saturated carbocycles. The number of hydrogen-bond donors (Lipinski definition) is 3. The molecule has 2 rings (SSSR count). The fourth-order valence-corrected chi connectivity index (χ4v) is 2.22. The molecular formula is C12H13N3O4S. The minimum atomic E-state index is -0.829. The lowest BCUT2D eigenvalue weighted by molar-refractivity contribution is -0.136. The third kappa shape index (κ3) is 3.90. The van der Waals surface area contributed by atoms with E-state index in [1.54, 1.807) is 0 Å². The molecule has 8 heteroatoms. The van der Waals surface area contributed by atoms with Gasteiger partial charge in [0.15, 0.2) is 5.82 Å². The van der Waals surface area contributed by atoms with E-state index in [1.807, 2.05) is 17.5 Å². The third-order valence-corrected chi connectivity index (χ3v) is 3.43. The van der Waals surface area contributed by atoms with Crippen LogP contribution in [0.25, 0.3) is 0 Å². The van der Waals surface area contributed by atoms with Crippen molar-refractivity contribution < 1.29 is 19.2 Å². The van der Waals surface area contributed by atoms with Gasteiger partial charge in [-0.25, -0.2) is 0 Å².